The summed E-state index contributed by atoms with van der Waals surface area (Å²) < 4.78 is 5.49. The summed E-state index contributed by atoms with van der Waals surface area (Å²) in [7, 11) is 0. The molecule has 0 radical (unpaired) electrons. The Balaban J connectivity index is 2.64. The quantitative estimate of drug-likeness (QED) is 0.546. The molecule has 0 aromatic rings. The van der Waals surface area contributed by atoms with Crippen LogP contribution >= 0.6 is 0 Å². The number of hydrogen-bond acceptors (Lipinski definition) is 2. The molecule has 0 atom stereocenters. The molecule has 70 valence electrons. The Morgan fingerprint density at radius 2 is 1.92 bits per heavy atom. The third-order valence-corrected chi connectivity index (χ3v) is 1.72. The molecular weight excluding hydrogens is 150 g/mol. The SMILES string of the molecule is CC1(C)COC(=NC(C)(C)C)C1. The molecule has 2 heteroatoms. The molecule has 1 heterocycles. The van der Waals surface area contributed by atoms with Crippen LogP contribution < -0.4 is 0 Å². The Labute approximate surface area is 75.0 Å². The summed E-state index contributed by atoms with van der Waals surface area (Å²) in [5, 5.41) is 0. The van der Waals surface area contributed by atoms with Crippen LogP contribution in [0, 0.1) is 5.41 Å². The van der Waals surface area contributed by atoms with Crippen molar-refractivity contribution < 1.29 is 4.74 Å². The molecule has 0 aliphatic carbocycles. The van der Waals surface area contributed by atoms with Crippen LogP contribution in [0.25, 0.3) is 0 Å². The normalized spacial score (nSPS) is 25.9. The van der Waals surface area contributed by atoms with Crippen LogP contribution in [0.3, 0.4) is 0 Å². The van der Waals surface area contributed by atoms with Crippen molar-refractivity contribution in [3.63, 3.8) is 0 Å². The van der Waals surface area contributed by atoms with Crippen LogP contribution in [0.5, 0.6) is 0 Å². The standard InChI is InChI=1S/C10H19NO/c1-9(2,3)11-8-6-10(4,5)7-12-8/h6-7H2,1-5H3. The zero-order valence-corrected chi connectivity index (χ0v) is 8.77. The van der Waals surface area contributed by atoms with Crippen LogP contribution in [-0.2, 0) is 4.74 Å². The molecule has 0 spiro atoms. The van der Waals surface area contributed by atoms with Crippen LogP contribution in [0.2, 0.25) is 0 Å². The van der Waals surface area contributed by atoms with E-state index in [1.54, 1.807) is 0 Å². The number of rotatable bonds is 0. The lowest BCUT2D eigenvalue weighted by molar-refractivity contribution is 0.240. The summed E-state index contributed by atoms with van der Waals surface area (Å²) in [6.45, 7) is 11.5. The van der Waals surface area contributed by atoms with Crippen molar-refractivity contribution in [3.05, 3.63) is 0 Å². The highest BCUT2D eigenvalue weighted by molar-refractivity contribution is 5.79. The minimum absolute atomic E-state index is 0.00421. The lowest BCUT2D eigenvalue weighted by Crippen LogP contribution is -2.14. The fourth-order valence-electron chi connectivity index (χ4n) is 1.24. The van der Waals surface area contributed by atoms with E-state index in [4.69, 9.17) is 4.74 Å². The molecule has 0 saturated carbocycles. The molecule has 2 nitrogen and oxygen atoms in total. The third-order valence-electron chi connectivity index (χ3n) is 1.72. The van der Waals surface area contributed by atoms with E-state index in [2.05, 4.69) is 39.6 Å². The molecule has 1 aliphatic rings. The molecule has 1 fully saturated rings. The highest BCUT2D eigenvalue weighted by Crippen LogP contribution is 2.29. The van der Waals surface area contributed by atoms with Crippen molar-refractivity contribution in [1.29, 1.82) is 0 Å². The predicted molar refractivity (Wildman–Crippen MR) is 51.5 cm³/mol. The van der Waals surface area contributed by atoms with Gasteiger partial charge >= 0.3 is 0 Å². The van der Waals surface area contributed by atoms with Crippen molar-refractivity contribution in [2.45, 2.75) is 46.6 Å². The highest BCUT2D eigenvalue weighted by Gasteiger charge is 2.30. The first-order valence-corrected chi connectivity index (χ1v) is 4.50. The van der Waals surface area contributed by atoms with E-state index >= 15 is 0 Å². The summed E-state index contributed by atoms with van der Waals surface area (Å²) in [5.74, 6) is 0.924. The number of hydrogen-bond donors (Lipinski definition) is 0. The summed E-state index contributed by atoms with van der Waals surface area (Å²) in [4.78, 5) is 4.50. The molecule has 1 saturated heterocycles. The first kappa shape index (κ1) is 9.56. The zero-order valence-electron chi connectivity index (χ0n) is 8.77. The molecule has 0 amide bonds. The van der Waals surface area contributed by atoms with Gasteiger partial charge in [-0.2, -0.15) is 0 Å². The Hall–Kier alpha value is -0.530. The van der Waals surface area contributed by atoms with Crippen molar-refractivity contribution in [3.8, 4) is 0 Å². The van der Waals surface area contributed by atoms with E-state index < -0.39 is 0 Å². The summed E-state index contributed by atoms with van der Waals surface area (Å²) >= 11 is 0. The summed E-state index contributed by atoms with van der Waals surface area (Å²) in [5.41, 5.74) is 0.278. The van der Waals surface area contributed by atoms with E-state index in [0.717, 1.165) is 18.9 Å². The fourth-order valence-corrected chi connectivity index (χ4v) is 1.24. The zero-order chi connectivity index (χ0) is 9.41. The average molecular weight is 169 g/mol. The Morgan fingerprint density at radius 3 is 2.25 bits per heavy atom. The van der Waals surface area contributed by atoms with Gasteiger partial charge in [-0.1, -0.05) is 13.8 Å². The number of ether oxygens (including phenoxy) is 1. The van der Waals surface area contributed by atoms with Crippen molar-refractivity contribution in [1.82, 2.24) is 0 Å². The van der Waals surface area contributed by atoms with Gasteiger partial charge in [-0.25, -0.2) is 4.99 Å². The Morgan fingerprint density at radius 1 is 1.33 bits per heavy atom. The molecular formula is C10H19NO. The number of nitrogens with zero attached hydrogens (tertiary/aromatic N) is 1. The van der Waals surface area contributed by atoms with E-state index in [9.17, 15) is 0 Å². The van der Waals surface area contributed by atoms with Crippen LogP contribution in [0.4, 0.5) is 0 Å². The van der Waals surface area contributed by atoms with E-state index in [-0.39, 0.29) is 11.0 Å². The molecule has 0 bridgehead atoms. The minimum atomic E-state index is -0.00421. The monoisotopic (exact) mass is 169 g/mol. The van der Waals surface area contributed by atoms with Crippen LogP contribution in [-0.4, -0.2) is 18.0 Å². The third kappa shape index (κ3) is 2.84. The number of aliphatic imine (C=N–C) groups is 1. The van der Waals surface area contributed by atoms with Gasteiger partial charge in [-0.05, 0) is 20.8 Å². The smallest absolute Gasteiger partial charge is 0.184 e. The van der Waals surface area contributed by atoms with E-state index in [0.29, 0.717) is 0 Å². The Kier molecular flexibility index (Phi) is 2.19. The fraction of sp³-hybridized carbons (Fsp3) is 0.900. The second-order valence-corrected chi connectivity index (χ2v) is 5.31. The second kappa shape index (κ2) is 2.75. The maximum absolute atomic E-state index is 5.49. The van der Waals surface area contributed by atoms with Crippen molar-refractivity contribution in [2.24, 2.45) is 10.4 Å². The van der Waals surface area contributed by atoms with Gasteiger partial charge in [0.05, 0.1) is 12.1 Å². The van der Waals surface area contributed by atoms with Gasteiger partial charge in [0.25, 0.3) is 0 Å². The topological polar surface area (TPSA) is 21.6 Å². The van der Waals surface area contributed by atoms with Crippen molar-refractivity contribution >= 4 is 5.90 Å². The van der Waals surface area contributed by atoms with Crippen LogP contribution in [0.15, 0.2) is 4.99 Å². The molecule has 0 N–H and O–H groups in total. The van der Waals surface area contributed by atoms with Gasteiger partial charge in [-0.15, -0.1) is 0 Å². The maximum atomic E-state index is 5.49. The highest BCUT2D eigenvalue weighted by atomic mass is 16.5. The molecule has 0 aromatic heterocycles. The van der Waals surface area contributed by atoms with E-state index in [1.165, 1.54) is 0 Å². The summed E-state index contributed by atoms with van der Waals surface area (Å²) in [6, 6.07) is 0. The van der Waals surface area contributed by atoms with Crippen LogP contribution in [0.1, 0.15) is 41.0 Å². The molecule has 1 rings (SSSR count). The summed E-state index contributed by atoms with van der Waals surface area (Å²) in [6.07, 6.45) is 0.976. The van der Waals surface area contributed by atoms with Gasteiger partial charge in [-0.3, -0.25) is 0 Å². The molecule has 1 aliphatic heterocycles. The lowest BCUT2D eigenvalue weighted by atomic mass is 9.93. The van der Waals surface area contributed by atoms with Gasteiger partial charge < -0.3 is 4.74 Å². The molecule has 0 unspecified atom stereocenters. The van der Waals surface area contributed by atoms with Gasteiger partial charge in [0.15, 0.2) is 5.90 Å². The van der Waals surface area contributed by atoms with Gasteiger partial charge in [0.2, 0.25) is 0 Å². The first-order chi connectivity index (χ1) is 5.29. The van der Waals surface area contributed by atoms with Gasteiger partial charge in [0.1, 0.15) is 0 Å². The van der Waals surface area contributed by atoms with Crippen molar-refractivity contribution in [2.75, 3.05) is 6.61 Å². The maximum Gasteiger partial charge on any atom is 0.184 e. The average Bonchev–Trinajstić information content (AvgIpc) is 2.05. The largest absolute Gasteiger partial charge is 0.480 e. The first-order valence-electron chi connectivity index (χ1n) is 4.50. The van der Waals surface area contributed by atoms with E-state index in [1.807, 2.05) is 0 Å². The Bertz CT molecular complexity index is 198. The van der Waals surface area contributed by atoms with Gasteiger partial charge in [0, 0.05) is 11.8 Å². The lowest BCUT2D eigenvalue weighted by Gasteiger charge is -2.13. The minimum Gasteiger partial charge on any atom is -0.480 e. The molecule has 12 heavy (non-hydrogen) atoms. The molecule has 0 aromatic carbocycles. The second-order valence-electron chi connectivity index (χ2n) is 5.31. The predicted octanol–water partition coefficient (Wildman–Crippen LogP) is 2.63.